The summed E-state index contributed by atoms with van der Waals surface area (Å²) in [5.74, 6) is -0.190. The first-order valence-corrected chi connectivity index (χ1v) is 3.66. The van der Waals surface area contributed by atoms with Crippen molar-refractivity contribution in [2.75, 3.05) is 0 Å². The first-order chi connectivity index (χ1) is 5.43. The predicted octanol–water partition coefficient (Wildman–Crippen LogP) is 1.33. The quantitative estimate of drug-likeness (QED) is 0.592. The second kappa shape index (κ2) is 2.68. The highest BCUT2D eigenvalue weighted by Crippen LogP contribution is 2.35. The summed E-state index contributed by atoms with van der Waals surface area (Å²) in [4.78, 5) is 0. The average Bonchev–Trinajstić information content (AvgIpc) is 1.82. The summed E-state index contributed by atoms with van der Waals surface area (Å²) < 4.78 is 0. The summed E-state index contributed by atoms with van der Waals surface area (Å²) in [6.45, 7) is 3.00. The Balaban J connectivity index is 3.31. The van der Waals surface area contributed by atoms with Gasteiger partial charge in [0.15, 0.2) is 0 Å². The number of hydrogen-bond acceptors (Lipinski definition) is 3. The Hall–Kier alpha value is -1.22. The van der Waals surface area contributed by atoms with Crippen LogP contribution in [0.25, 0.3) is 0 Å². The van der Waals surface area contributed by atoms with Crippen LogP contribution >= 0.6 is 0 Å². The molecule has 1 rings (SSSR count). The van der Waals surface area contributed by atoms with E-state index in [4.69, 9.17) is 0 Å². The fraction of sp³-hybridized carbons (Fsp3) is 0.333. The van der Waals surface area contributed by atoms with Crippen molar-refractivity contribution in [3.8, 4) is 11.5 Å². The van der Waals surface area contributed by atoms with Crippen molar-refractivity contribution in [3.63, 3.8) is 0 Å². The van der Waals surface area contributed by atoms with E-state index in [2.05, 4.69) is 0 Å². The van der Waals surface area contributed by atoms with Gasteiger partial charge < -0.3 is 15.3 Å². The summed E-state index contributed by atoms with van der Waals surface area (Å²) in [6, 6.07) is 4.36. The molecule has 0 spiro atoms. The number of hydrogen-bond donors (Lipinski definition) is 3. The molecule has 0 atom stereocenters. The van der Waals surface area contributed by atoms with Crippen LogP contribution in [0.2, 0.25) is 0 Å². The Morgan fingerprint density at radius 1 is 1.08 bits per heavy atom. The van der Waals surface area contributed by atoms with E-state index in [0.717, 1.165) is 0 Å². The van der Waals surface area contributed by atoms with Crippen LogP contribution in [-0.2, 0) is 5.60 Å². The zero-order valence-electron chi connectivity index (χ0n) is 7.07. The monoisotopic (exact) mass is 168 g/mol. The summed E-state index contributed by atoms with van der Waals surface area (Å²) in [7, 11) is 0. The Morgan fingerprint density at radius 3 is 1.75 bits per heavy atom. The number of phenolic OH excluding ortho intramolecular Hbond substituents is 2. The maximum atomic E-state index is 9.53. The molecule has 3 nitrogen and oxygen atoms in total. The van der Waals surface area contributed by atoms with Crippen LogP contribution in [0.4, 0.5) is 0 Å². The zero-order chi connectivity index (χ0) is 9.35. The van der Waals surface area contributed by atoms with Crippen LogP contribution in [-0.4, -0.2) is 15.3 Å². The Morgan fingerprint density at radius 2 is 1.50 bits per heavy atom. The van der Waals surface area contributed by atoms with Crippen molar-refractivity contribution in [2.45, 2.75) is 19.4 Å². The maximum absolute atomic E-state index is 9.53. The molecule has 0 bridgehead atoms. The molecule has 0 saturated carbocycles. The lowest BCUT2D eigenvalue weighted by Gasteiger charge is -2.19. The van der Waals surface area contributed by atoms with Gasteiger partial charge in [-0.1, -0.05) is 6.07 Å². The molecular weight excluding hydrogens is 156 g/mol. The number of aliphatic hydroxyl groups is 1. The van der Waals surface area contributed by atoms with E-state index in [0.29, 0.717) is 0 Å². The third-order valence-electron chi connectivity index (χ3n) is 1.63. The van der Waals surface area contributed by atoms with Crippen molar-refractivity contribution >= 4 is 0 Å². The molecule has 1 aromatic carbocycles. The van der Waals surface area contributed by atoms with Crippen molar-refractivity contribution in [1.29, 1.82) is 0 Å². The van der Waals surface area contributed by atoms with Gasteiger partial charge >= 0.3 is 0 Å². The summed E-state index contributed by atoms with van der Waals surface area (Å²) in [5, 5.41) is 28.1. The smallest absolute Gasteiger partial charge is 0.125 e. The topological polar surface area (TPSA) is 60.7 Å². The summed E-state index contributed by atoms with van der Waals surface area (Å²) >= 11 is 0. The van der Waals surface area contributed by atoms with Gasteiger partial charge in [0.2, 0.25) is 0 Å². The van der Waals surface area contributed by atoms with E-state index in [1.807, 2.05) is 0 Å². The minimum atomic E-state index is -1.23. The fourth-order valence-electron chi connectivity index (χ4n) is 1.16. The molecule has 0 heterocycles. The third kappa shape index (κ3) is 1.51. The van der Waals surface area contributed by atoms with Gasteiger partial charge in [0.1, 0.15) is 11.5 Å². The number of phenols is 2. The third-order valence-corrected chi connectivity index (χ3v) is 1.63. The van der Waals surface area contributed by atoms with E-state index in [-0.39, 0.29) is 17.1 Å². The molecule has 0 aliphatic carbocycles. The van der Waals surface area contributed by atoms with Crippen LogP contribution in [0.1, 0.15) is 19.4 Å². The van der Waals surface area contributed by atoms with E-state index in [9.17, 15) is 15.3 Å². The zero-order valence-corrected chi connectivity index (χ0v) is 7.07. The lowest BCUT2D eigenvalue weighted by Crippen LogP contribution is -2.15. The second-order valence-corrected chi connectivity index (χ2v) is 3.23. The molecule has 0 saturated heterocycles. The van der Waals surface area contributed by atoms with Crippen molar-refractivity contribution < 1.29 is 15.3 Å². The number of rotatable bonds is 1. The first-order valence-electron chi connectivity index (χ1n) is 3.66. The molecule has 0 radical (unpaired) electrons. The summed E-state index contributed by atoms with van der Waals surface area (Å²) in [6.07, 6.45) is 0. The molecule has 66 valence electrons. The molecule has 3 heteroatoms. The molecule has 0 fully saturated rings. The van der Waals surface area contributed by atoms with Crippen molar-refractivity contribution in [1.82, 2.24) is 0 Å². The predicted molar refractivity (Wildman–Crippen MR) is 45.0 cm³/mol. The molecule has 0 unspecified atom stereocenters. The molecule has 0 aliphatic heterocycles. The fourth-order valence-corrected chi connectivity index (χ4v) is 1.16. The minimum absolute atomic E-state index is 0.0949. The standard InChI is InChI=1S/C9H12O3/c1-9(2,12)8-6(10)4-3-5-7(8)11/h3-5,10-12H,1-2H3. The maximum Gasteiger partial charge on any atom is 0.125 e. The molecule has 0 aliphatic rings. The van der Waals surface area contributed by atoms with E-state index >= 15 is 0 Å². The minimum Gasteiger partial charge on any atom is -0.507 e. The molecule has 3 N–H and O–H groups in total. The van der Waals surface area contributed by atoms with E-state index < -0.39 is 5.60 Å². The lowest BCUT2D eigenvalue weighted by atomic mass is 9.96. The van der Waals surface area contributed by atoms with Crippen LogP contribution < -0.4 is 0 Å². The van der Waals surface area contributed by atoms with Gasteiger partial charge in [0.05, 0.1) is 11.2 Å². The molecule has 0 aromatic heterocycles. The van der Waals surface area contributed by atoms with Crippen LogP contribution in [0, 0.1) is 0 Å². The highest BCUT2D eigenvalue weighted by atomic mass is 16.3. The highest BCUT2D eigenvalue weighted by Gasteiger charge is 2.23. The van der Waals surface area contributed by atoms with Crippen molar-refractivity contribution in [3.05, 3.63) is 23.8 Å². The van der Waals surface area contributed by atoms with Gasteiger partial charge in [0, 0.05) is 0 Å². The molecule has 12 heavy (non-hydrogen) atoms. The van der Waals surface area contributed by atoms with Crippen LogP contribution in [0.5, 0.6) is 11.5 Å². The average molecular weight is 168 g/mol. The van der Waals surface area contributed by atoms with Crippen molar-refractivity contribution in [2.24, 2.45) is 0 Å². The van der Waals surface area contributed by atoms with Crippen LogP contribution in [0.3, 0.4) is 0 Å². The molecule has 0 amide bonds. The van der Waals surface area contributed by atoms with Gasteiger partial charge in [-0.3, -0.25) is 0 Å². The van der Waals surface area contributed by atoms with Gasteiger partial charge in [-0.2, -0.15) is 0 Å². The first kappa shape index (κ1) is 8.87. The van der Waals surface area contributed by atoms with Crippen LogP contribution in [0.15, 0.2) is 18.2 Å². The van der Waals surface area contributed by atoms with Gasteiger partial charge in [-0.25, -0.2) is 0 Å². The van der Waals surface area contributed by atoms with Gasteiger partial charge in [-0.15, -0.1) is 0 Å². The molecular formula is C9H12O3. The highest BCUT2D eigenvalue weighted by molar-refractivity contribution is 5.46. The van der Waals surface area contributed by atoms with E-state index in [1.165, 1.54) is 32.0 Å². The Labute approximate surface area is 70.9 Å². The van der Waals surface area contributed by atoms with Gasteiger partial charge in [-0.05, 0) is 26.0 Å². The largest absolute Gasteiger partial charge is 0.507 e. The normalized spacial score (nSPS) is 11.6. The molecule has 1 aromatic rings. The SMILES string of the molecule is CC(C)(O)c1c(O)cccc1O. The second-order valence-electron chi connectivity index (χ2n) is 3.23. The number of benzene rings is 1. The summed E-state index contributed by atoms with van der Waals surface area (Å²) in [5.41, 5.74) is -1.07. The van der Waals surface area contributed by atoms with E-state index in [1.54, 1.807) is 0 Å². The number of aromatic hydroxyl groups is 2. The Bertz CT molecular complexity index is 266. The lowest BCUT2D eigenvalue weighted by molar-refractivity contribution is 0.0730. The van der Waals surface area contributed by atoms with Gasteiger partial charge in [0.25, 0.3) is 0 Å². The Kier molecular flexibility index (Phi) is 1.98.